The van der Waals surface area contributed by atoms with Gasteiger partial charge in [0.25, 0.3) is 0 Å². The molecule has 0 bridgehead atoms. The molecule has 1 unspecified atom stereocenters. The van der Waals surface area contributed by atoms with Gasteiger partial charge in [-0.05, 0) is 32.4 Å². The zero-order chi connectivity index (χ0) is 13.1. The van der Waals surface area contributed by atoms with Crippen LogP contribution in [0.25, 0.3) is 11.0 Å². The third kappa shape index (κ3) is 2.15. The van der Waals surface area contributed by atoms with Crippen LogP contribution in [0.5, 0.6) is 5.75 Å². The van der Waals surface area contributed by atoms with Crippen molar-refractivity contribution in [1.29, 1.82) is 0 Å². The Labute approximate surface area is 108 Å². The predicted octanol–water partition coefficient (Wildman–Crippen LogP) is 3.38. The molecule has 98 valence electrons. The fourth-order valence-electron chi connectivity index (χ4n) is 2.39. The van der Waals surface area contributed by atoms with Crippen LogP contribution in [0.15, 0.2) is 18.2 Å². The van der Waals surface area contributed by atoms with Gasteiger partial charge in [-0.15, -0.1) is 0 Å². The number of benzene rings is 1. The quantitative estimate of drug-likeness (QED) is 0.881. The molecular weight excluding hydrogens is 226 g/mol. The van der Waals surface area contributed by atoms with Gasteiger partial charge in [0.2, 0.25) is 5.95 Å². The molecule has 2 aromatic rings. The Morgan fingerprint density at radius 1 is 1.39 bits per heavy atom. The molecule has 2 N–H and O–H groups in total. The molecule has 1 aromatic carbocycles. The molecule has 0 fully saturated rings. The van der Waals surface area contributed by atoms with Crippen LogP contribution >= 0.6 is 0 Å². The van der Waals surface area contributed by atoms with Gasteiger partial charge in [-0.1, -0.05) is 19.4 Å². The first-order valence-electron chi connectivity index (χ1n) is 6.58. The van der Waals surface area contributed by atoms with Gasteiger partial charge >= 0.3 is 0 Å². The van der Waals surface area contributed by atoms with Crippen molar-refractivity contribution in [2.75, 3.05) is 12.3 Å². The van der Waals surface area contributed by atoms with Crippen molar-refractivity contribution < 1.29 is 4.74 Å². The smallest absolute Gasteiger partial charge is 0.201 e. The normalized spacial score (nSPS) is 12.8. The maximum absolute atomic E-state index is 6.05. The predicted molar refractivity (Wildman–Crippen MR) is 74.9 cm³/mol. The molecule has 1 aromatic heterocycles. The summed E-state index contributed by atoms with van der Waals surface area (Å²) in [5, 5.41) is 0. The summed E-state index contributed by atoms with van der Waals surface area (Å²) in [4.78, 5) is 4.45. The van der Waals surface area contributed by atoms with Gasteiger partial charge in [0.15, 0.2) is 0 Å². The zero-order valence-corrected chi connectivity index (χ0v) is 11.3. The zero-order valence-electron chi connectivity index (χ0n) is 11.3. The summed E-state index contributed by atoms with van der Waals surface area (Å²) < 4.78 is 7.69. The molecule has 18 heavy (non-hydrogen) atoms. The van der Waals surface area contributed by atoms with Gasteiger partial charge in [-0.2, -0.15) is 0 Å². The summed E-state index contributed by atoms with van der Waals surface area (Å²) in [5.41, 5.74) is 7.96. The van der Waals surface area contributed by atoms with Crippen molar-refractivity contribution in [1.82, 2.24) is 9.55 Å². The number of fused-ring (bicyclic) bond motifs is 1. The van der Waals surface area contributed by atoms with Crippen LogP contribution in [0, 0.1) is 0 Å². The van der Waals surface area contributed by atoms with Crippen molar-refractivity contribution in [3.63, 3.8) is 0 Å². The van der Waals surface area contributed by atoms with E-state index in [1.54, 1.807) is 0 Å². The fourth-order valence-corrected chi connectivity index (χ4v) is 2.39. The number of ether oxygens (including phenoxy) is 1. The summed E-state index contributed by atoms with van der Waals surface area (Å²) >= 11 is 0. The maximum atomic E-state index is 6.05. The van der Waals surface area contributed by atoms with Crippen LogP contribution < -0.4 is 10.5 Å². The second-order valence-corrected chi connectivity index (χ2v) is 4.53. The molecule has 4 heteroatoms. The first-order valence-corrected chi connectivity index (χ1v) is 6.58. The standard InChI is InChI=1S/C14H21N3O/c1-4-7-10(3)17-11-8-6-9-12(18-5-2)13(11)16-14(17)15/h6,8-10H,4-5,7H2,1-3H3,(H2,15,16). The summed E-state index contributed by atoms with van der Waals surface area (Å²) in [5.74, 6) is 1.38. The molecule has 0 aliphatic rings. The van der Waals surface area contributed by atoms with Crippen molar-refractivity contribution in [2.45, 2.75) is 39.7 Å². The van der Waals surface area contributed by atoms with E-state index in [4.69, 9.17) is 10.5 Å². The molecule has 0 aliphatic heterocycles. The Balaban J connectivity index is 2.54. The van der Waals surface area contributed by atoms with E-state index in [1.165, 1.54) is 0 Å². The number of hydrogen-bond acceptors (Lipinski definition) is 3. The highest BCUT2D eigenvalue weighted by molar-refractivity contribution is 5.84. The second-order valence-electron chi connectivity index (χ2n) is 4.53. The van der Waals surface area contributed by atoms with E-state index < -0.39 is 0 Å². The minimum Gasteiger partial charge on any atom is -0.492 e. The molecule has 0 saturated carbocycles. The minimum absolute atomic E-state index is 0.358. The van der Waals surface area contributed by atoms with Crippen LogP contribution in [0.1, 0.15) is 39.7 Å². The summed E-state index contributed by atoms with van der Waals surface area (Å²) in [7, 11) is 0. The number of aromatic nitrogens is 2. The molecule has 2 rings (SSSR count). The SMILES string of the molecule is CCCC(C)n1c(N)nc2c(OCC)cccc21. The number of nitrogens with two attached hydrogens (primary N) is 1. The van der Waals surface area contributed by atoms with Crippen LogP contribution in [-0.4, -0.2) is 16.2 Å². The van der Waals surface area contributed by atoms with Crippen molar-refractivity contribution in [2.24, 2.45) is 0 Å². The van der Waals surface area contributed by atoms with E-state index in [9.17, 15) is 0 Å². The van der Waals surface area contributed by atoms with E-state index in [-0.39, 0.29) is 0 Å². The average molecular weight is 247 g/mol. The van der Waals surface area contributed by atoms with Crippen molar-refractivity contribution >= 4 is 17.0 Å². The molecule has 1 atom stereocenters. The Morgan fingerprint density at radius 2 is 2.17 bits per heavy atom. The summed E-state index contributed by atoms with van der Waals surface area (Å²) in [6, 6.07) is 6.33. The Kier molecular flexibility index (Phi) is 3.75. The second kappa shape index (κ2) is 5.29. The van der Waals surface area contributed by atoms with E-state index in [1.807, 2.05) is 25.1 Å². The van der Waals surface area contributed by atoms with Crippen LogP contribution in [-0.2, 0) is 0 Å². The molecule has 1 heterocycles. The van der Waals surface area contributed by atoms with Crippen LogP contribution in [0.4, 0.5) is 5.95 Å². The highest BCUT2D eigenvalue weighted by atomic mass is 16.5. The van der Waals surface area contributed by atoms with Gasteiger partial charge in [0.1, 0.15) is 11.3 Å². The Bertz CT molecular complexity index is 533. The number of nitrogen functional groups attached to an aromatic ring is 1. The number of nitrogens with zero attached hydrogens (tertiary/aromatic N) is 2. The minimum atomic E-state index is 0.358. The topological polar surface area (TPSA) is 53.1 Å². The van der Waals surface area contributed by atoms with E-state index in [2.05, 4.69) is 23.4 Å². The summed E-state index contributed by atoms with van der Waals surface area (Å²) in [6.07, 6.45) is 2.22. The van der Waals surface area contributed by atoms with Crippen molar-refractivity contribution in [3.8, 4) is 5.75 Å². The largest absolute Gasteiger partial charge is 0.492 e. The number of rotatable bonds is 5. The lowest BCUT2D eigenvalue weighted by molar-refractivity contribution is 0.343. The first kappa shape index (κ1) is 12.7. The van der Waals surface area contributed by atoms with Gasteiger partial charge in [-0.25, -0.2) is 4.98 Å². The molecule has 0 saturated heterocycles. The van der Waals surface area contributed by atoms with Crippen molar-refractivity contribution in [3.05, 3.63) is 18.2 Å². The van der Waals surface area contributed by atoms with Gasteiger partial charge in [0, 0.05) is 6.04 Å². The molecule has 0 spiro atoms. The van der Waals surface area contributed by atoms with Gasteiger partial charge in [0.05, 0.1) is 12.1 Å². The van der Waals surface area contributed by atoms with E-state index >= 15 is 0 Å². The Morgan fingerprint density at radius 3 is 2.83 bits per heavy atom. The highest BCUT2D eigenvalue weighted by Gasteiger charge is 2.15. The highest BCUT2D eigenvalue weighted by Crippen LogP contribution is 2.30. The van der Waals surface area contributed by atoms with Gasteiger partial charge < -0.3 is 15.0 Å². The number of anilines is 1. The molecule has 0 aliphatic carbocycles. The maximum Gasteiger partial charge on any atom is 0.201 e. The van der Waals surface area contributed by atoms with Crippen LogP contribution in [0.3, 0.4) is 0 Å². The van der Waals surface area contributed by atoms with E-state index in [0.29, 0.717) is 18.6 Å². The number of imidazole rings is 1. The number of hydrogen-bond donors (Lipinski definition) is 1. The molecular formula is C14H21N3O. The Hall–Kier alpha value is -1.71. The molecule has 0 radical (unpaired) electrons. The number of para-hydroxylation sites is 1. The molecule has 0 amide bonds. The lowest BCUT2D eigenvalue weighted by Crippen LogP contribution is -2.08. The molecule has 4 nitrogen and oxygen atoms in total. The fraction of sp³-hybridized carbons (Fsp3) is 0.500. The monoisotopic (exact) mass is 247 g/mol. The average Bonchev–Trinajstić information content (AvgIpc) is 2.67. The van der Waals surface area contributed by atoms with Gasteiger partial charge in [-0.3, -0.25) is 0 Å². The summed E-state index contributed by atoms with van der Waals surface area (Å²) in [6.45, 7) is 6.96. The van der Waals surface area contributed by atoms with E-state index in [0.717, 1.165) is 29.6 Å². The van der Waals surface area contributed by atoms with Crippen LogP contribution in [0.2, 0.25) is 0 Å². The lowest BCUT2D eigenvalue weighted by atomic mass is 10.2. The lowest BCUT2D eigenvalue weighted by Gasteiger charge is -2.15. The third-order valence-corrected chi connectivity index (χ3v) is 3.16. The first-order chi connectivity index (χ1) is 8.69. The third-order valence-electron chi connectivity index (χ3n) is 3.16.